The van der Waals surface area contributed by atoms with Gasteiger partial charge in [-0.2, -0.15) is 0 Å². The maximum Gasteiger partial charge on any atom is 0.233 e. The fraction of sp³-hybridized carbons (Fsp3) is 0.176. The third-order valence-electron chi connectivity index (χ3n) is 3.78. The number of carbonyl (C=O) groups is 2. The van der Waals surface area contributed by atoms with Crippen molar-refractivity contribution in [2.45, 2.75) is 6.92 Å². The predicted molar refractivity (Wildman–Crippen MR) is 80.2 cm³/mol. The number of fused-ring (bicyclic) bond motifs is 2. The number of rotatable bonds is 2. The van der Waals surface area contributed by atoms with E-state index >= 15 is 0 Å². The van der Waals surface area contributed by atoms with Crippen LogP contribution in [0.3, 0.4) is 0 Å². The van der Waals surface area contributed by atoms with E-state index < -0.39 is 11.6 Å². The molecule has 0 amide bonds. The predicted octanol–water partition coefficient (Wildman–Crippen LogP) is 2.94. The minimum Gasteiger partial charge on any atom is -0.493 e. The molecule has 1 aliphatic rings. The van der Waals surface area contributed by atoms with Crippen molar-refractivity contribution in [2.24, 2.45) is 0 Å². The number of ketones is 2. The van der Waals surface area contributed by atoms with Gasteiger partial charge >= 0.3 is 0 Å². The van der Waals surface area contributed by atoms with Crippen LogP contribution in [-0.4, -0.2) is 25.8 Å². The molecule has 0 saturated carbocycles. The number of hydrogen-bond donors (Lipinski definition) is 0. The largest absolute Gasteiger partial charge is 0.493 e. The summed E-state index contributed by atoms with van der Waals surface area (Å²) in [6.45, 7) is 1.94. The molecular formula is C17H14O4. The molecule has 4 heteroatoms. The monoisotopic (exact) mass is 282 g/mol. The number of ether oxygens (including phenoxy) is 2. The first-order valence-electron chi connectivity index (χ1n) is 6.53. The quantitative estimate of drug-likeness (QED) is 0.795. The van der Waals surface area contributed by atoms with Gasteiger partial charge < -0.3 is 9.47 Å². The number of carbonyl (C=O) groups excluding carboxylic acids is 2. The number of Topliss-reactive ketones (excluding diaryl/α,β-unsaturated/α-hetero) is 1. The molecule has 0 saturated heterocycles. The molecule has 0 aliphatic heterocycles. The summed E-state index contributed by atoms with van der Waals surface area (Å²) in [5, 5.41) is 1.82. The van der Waals surface area contributed by atoms with Crippen molar-refractivity contribution in [3.05, 3.63) is 41.0 Å². The Balaban J connectivity index is 2.37. The van der Waals surface area contributed by atoms with E-state index in [4.69, 9.17) is 9.47 Å². The Morgan fingerprint density at radius 3 is 2.38 bits per heavy atom. The van der Waals surface area contributed by atoms with E-state index in [0.717, 1.165) is 21.9 Å². The maximum absolute atomic E-state index is 12.0. The Morgan fingerprint density at radius 2 is 1.71 bits per heavy atom. The van der Waals surface area contributed by atoms with Gasteiger partial charge in [0.2, 0.25) is 11.6 Å². The second kappa shape index (κ2) is 4.74. The van der Waals surface area contributed by atoms with E-state index in [2.05, 4.69) is 0 Å². The maximum atomic E-state index is 12.0. The topological polar surface area (TPSA) is 52.6 Å². The van der Waals surface area contributed by atoms with Crippen LogP contribution in [0.4, 0.5) is 0 Å². The van der Waals surface area contributed by atoms with Crippen molar-refractivity contribution in [3.8, 4) is 11.5 Å². The van der Waals surface area contributed by atoms with Gasteiger partial charge in [-0.3, -0.25) is 9.59 Å². The second-order valence-corrected chi connectivity index (χ2v) is 4.92. The van der Waals surface area contributed by atoms with Gasteiger partial charge in [0, 0.05) is 11.1 Å². The second-order valence-electron chi connectivity index (χ2n) is 4.92. The first kappa shape index (κ1) is 13.4. The molecule has 1 aliphatic carbocycles. The van der Waals surface area contributed by atoms with Crippen LogP contribution in [0.2, 0.25) is 0 Å². The lowest BCUT2D eigenvalue weighted by Gasteiger charge is -2.16. The van der Waals surface area contributed by atoms with Crippen molar-refractivity contribution >= 4 is 28.4 Å². The molecule has 0 unspecified atom stereocenters. The average molecular weight is 282 g/mol. The summed E-state index contributed by atoms with van der Waals surface area (Å²) in [6, 6.07) is 5.46. The molecule has 2 aromatic carbocycles. The summed E-state index contributed by atoms with van der Waals surface area (Å²) >= 11 is 0. The highest BCUT2D eigenvalue weighted by Gasteiger charge is 2.22. The highest BCUT2D eigenvalue weighted by molar-refractivity contribution is 6.50. The van der Waals surface area contributed by atoms with Crippen molar-refractivity contribution in [1.29, 1.82) is 0 Å². The van der Waals surface area contributed by atoms with E-state index in [1.807, 2.05) is 19.1 Å². The van der Waals surface area contributed by atoms with E-state index in [9.17, 15) is 9.59 Å². The first-order valence-corrected chi connectivity index (χ1v) is 6.53. The standard InChI is InChI=1S/C17H14O4/c1-9-12-6-10-4-5-14(18)16(19)13(10)7-11(12)8-15(20-2)17(9)21-3/h4-8H,1-3H3. The van der Waals surface area contributed by atoms with E-state index in [1.54, 1.807) is 26.4 Å². The highest BCUT2D eigenvalue weighted by Crippen LogP contribution is 2.38. The molecule has 0 aromatic heterocycles. The summed E-state index contributed by atoms with van der Waals surface area (Å²) in [6.07, 6.45) is 2.99. The van der Waals surface area contributed by atoms with E-state index in [1.165, 1.54) is 6.08 Å². The number of benzene rings is 2. The number of allylic oxidation sites excluding steroid dienone is 1. The van der Waals surface area contributed by atoms with Crippen molar-refractivity contribution in [3.63, 3.8) is 0 Å². The van der Waals surface area contributed by atoms with Gasteiger partial charge in [-0.15, -0.1) is 0 Å². The Labute approximate surface area is 122 Å². The van der Waals surface area contributed by atoms with Gasteiger partial charge in [0.25, 0.3) is 0 Å². The molecule has 0 atom stereocenters. The smallest absolute Gasteiger partial charge is 0.233 e. The van der Waals surface area contributed by atoms with E-state index in [0.29, 0.717) is 17.1 Å². The summed E-state index contributed by atoms with van der Waals surface area (Å²) in [5.74, 6) is 0.320. The lowest BCUT2D eigenvalue weighted by atomic mass is 9.90. The fourth-order valence-electron chi connectivity index (χ4n) is 2.70. The van der Waals surface area contributed by atoms with Crippen LogP contribution in [0.5, 0.6) is 11.5 Å². The van der Waals surface area contributed by atoms with E-state index in [-0.39, 0.29) is 0 Å². The molecule has 0 radical (unpaired) electrons. The van der Waals surface area contributed by atoms with Crippen LogP contribution in [-0.2, 0) is 4.79 Å². The molecule has 2 aromatic rings. The zero-order valence-electron chi connectivity index (χ0n) is 12.0. The third-order valence-corrected chi connectivity index (χ3v) is 3.78. The number of hydrogen-bond acceptors (Lipinski definition) is 4. The Morgan fingerprint density at radius 1 is 0.952 bits per heavy atom. The van der Waals surface area contributed by atoms with Gasteiger partial charge in [-0.05, 0) is 47.5 Å². The molecule has 0 bridgehead atoms. The molecule has 0 fully saturated rings. The zero-order chi connectivity index (χ0) is 15.1. The van der Waals surface area contributed by atoms with Crippen LogP contribution < -0.4 is 9.47 Å². The van der Waals surface area contributed by atoms with Crippen LogP contribution in [0.25, 0.3) is 16.8 Å². The van der Waals surface area contributed by atoms with Crippen molar-refractivity contribution in [2.75, 3.05) is 14.2 Å². The van der Waals surface area contributed by atoms with Gasteiger partial charge in [0.05, 0.1) is 14.2 Å². The molecule has 4 nitrogen and oxygen atoms in total. The summed E-state index contributed by atoms with van der Waals surface area (Å²) in [5.41, 5.74) is 2.12. The zero-order valence-corrected chi connectivity index (χ0v) is 12.0. The first-order chi connectivity index (χ1) is 10.1. The minimum absolute atomic E-state index is 0.432. The molecule has 106 valence electrons. The number of methoxy groups -OCH3 is 2. The van der Waals surface area contributed by atoms with Gasteiger partial charge in [-0.25, -0.2) is 0 Å². The van der Waals surface area contributed by atoms with Gasteiger partial charge in [0.1, 0.15) is 0 Å². The average Bonchev–Trinajstić information content (AvgIpc) is 2.50. The highest BCUT2D eigenvalue weighted by atomic mass is 16.5. The molecule has 0 spiro atoms. The van der Waals surface area contributed by atoms with Crippen molar-refractivity contribution in [1.82, 2.24) is 0 Å². The molecule has 3 rings (SSSR count). The van der Waals surface area contributed by atoms with Gasteiger partial charge in [-0.1, -0.05) is 6.08 Å². The Hall–Kier alpha value is -2.62. The normalized spacial score (nSPS) is 13.5. The SMILES string of the molecule is COc1cc2cc3c(cc2c(C)c1OC)C=CC(=O)C3=O. The Bertz CT molecular complexity index is 815. The summed E-state index contributed by atoms with van der Waals surface area (Å²) < 4.78 is 10.7. The molecule has 0 heterocycles. The number of aryl methyl sites for hydroxylation is 1. The third kappa shape index (κ3) is 1.91. The van der Waals surface area contributed by atoms with Gasteiger partial charge in [0.15, 0.2) is 11.5 Å². The fourth-order valence-corrected chi connectivity index (χ4v) is 2.70. The molecule has 0 N–H and O–H groups in total. The Kier molecular flexibility index (Phi) is 3.01. The summed E-state index contributed by atoms with van der Waals surface area (Å²) in [7, 11) is 3.16. The lowest BCUT2D eigenvalue weighted by Crippen LogP contribution is -2.16. The van der Waals surface area contributed by atoms with Crippen LogP contribution in [0.15, 0.2) is 24.3 Å². The molecular weight excluding hydrogens is 268 g/mol. The van der Waals surface area contributed by atoms with Crippen LogP contribution >= 0.6 is 0 Å². The molecule has 21 heavy (non-hydrogen) atoms. The summed E-state index contributed by atoms with van der Waals surface area (Å²) in [4.78, 5) is 23.5. The van der Waals surface area contributed by atoms with Crippen molar-refractivity contribution < 1.29 is 19.1 Å². The minimum atomic E-state index is -0.487. The van der Waals surface area contributed by atoms with Crippen LogP contribution in [0.1, 0.15) is 21.5 Å². The lowest BCUT2D eigenvalue weighted by molar-refractivity contribution is -0.110. The van der Waals surface area contributed by atoms with Crippen LogP contribution in [0, 0.1) is 6.92 Å².